The molecule has 0 fully saturated rings. The second kappa shape index (κ2) is 1.81. The SMILES string of the molecule is CN1CN=CNC1=O. The summed E-state index contributed by atoms with van der Waals surface area (Å²) in [7, 11) is 1.69. The first kappa shape index (κ1) is 5.08. The lowest BCUT2D eigenvalue weighted by Gasteiger charge is -2.16. The second-order valence-corrected chi connectivity index (χ2v) is 1.60. The van der Waals surface area contributed by atoms with Gasteiger partial charge >= 0.3 is 6.03 Å². The Morgan fingerprint density at radius 1 is 2.00 bits per heavy atom. The maximum absolute atomic E-state index is 10.5. The minimum absolute atomic E-state index is 0.0972. The van der Waals surface area contributed by atoms with Gasteiger partial charge in [0.25, 0.3) is 0 Å². The topological polar surface area (TPSA) is 44.7 Å². The highest BCUT2D eigenvalue weighted by molar-refractivity contribution is 5.87. The van der Waals surface area contributed by atoms with Crippen molar-refractivity contribution >= 4 is 12.4 Å². The summed E-state index contributed by atoms with van der Waals surface area (Å²) >= 11 is 0. The Balaban J connectivity index is 2.57. The third-order valence-corrected chi connectivity index (χ3v) is 0.920. The maximum atomic E-state index is 10.5. The van der Waals surface area contributed by atoms with E-state index >= 15 is 0 Å². The van der Waals surface area contributed by atoms with Crippen molar-refractivity contribution in [3.05, 3.63) is 0 Å². The quantitative estimate of drug-likeness (QED) is 0.457. The molecule has 4 heteroatoms. The Labute approximate surface area is 47.2 Å². The molecule has 44 valence electrons. The van der Waals surface area contributed by atoms with Crippen molar-refractivity contribution in [2.75, 3.05) is 13.7 Å². The highest BCUT2D eigenvalue weighted by Crippen LogP contribution is 1.86. The molecule has 1 aliphatic rings. The van der Waals surface area contributed by atoms with E-state index in [9.17, 15) is 4.79 Å². The van der Waals surface area contributed by atoms with Crippen LogP contribution in [-0.2, 0) is 0 Å². The van der Waals surface area contributed by atoms with Crippen LogP contribution in [0, 0.1) is 0 Å². The van der Waals surface area contributed by atoms with Gasteiger partial charge in [-0.1, -0.05) is 0 Å². The molecule has 0 unspecified atom stereocenters. The van der Waals surface area contributed by atoms with Gasteiger partial charge in [0.2, 0.25) is 0 Å². The van der Waals surface area contributed by atoms with Gasteiger partial charge in [0.05, 0.1) is 6.34 Å². The Hall–Kier alpha value is -1.06. The van der Waals surface area contributed by atoms with Crippen molar-refractivity contribution in [3.8, 4) is 0 Å². The van der Waals surface area contributed by atoms with Gasteiger partial charge in [-0.05, 0) is 0 Å². The van der Waals surface area contributed by atoms with Crippen molar-refractivity contribution in [1.82, 2.24) is 10.2 Å². The maximum Gasteiger partial charge on any atom is 0.323 e. The summed E-state index contributed by atoms with van der Waals surface area (Å²) < 4.78 is 0. The van der Waals surface area contributed by atoms with Crippen molar-refractivity contribution in [3.63, 3.8) is 0 Å². The number of carbonyl (C=O) groups is 1. The van der Waals surface area contributed by atoms with Gasteiger partial charge in [-0.15, -0.1) is 0 Å². The van der Waals surface area contributed by atoms with E-state index in [0.717, 1.165) is 0 Å². The van der Waals surface area contributed by atoms with Crippen molar-refractivity contribution in [2.24, 2.45) is 4.99 Å². The first-order valence-electron chi connectivity index (χ1n) is 2.30. The predicted molar refractivity (Wildman–Crippen MR) is 29.7 cm³/mol. The minimum atomic E-state index is -0.0972. The summed E-state index contributed by atoms with van der Waals surface area (Å²) in [5.74, 6) is 0. The molecule has 0 spiro atoms. The smallest absolute Gasteiger partial charge is 0.308 e. The number of nitrogens with one attached hydrogen (secondary N) is 1. The molecule has 0 aliphatic carbocycles. The lowest BCUT2D eigenvalue weighted by atomic mass is 10.7. The normalized spacial score (nSPS) is 18.6. The van der Waals surface area contributed by atoms with Gasteiger partial charge in [-0.25, -0.2) is 4.79 Å². The highest BCUT2D eigenvalue weighted by atomic mass is 16.2. The zero-order valence-electron chi connectivity index (χ0n) is 4.59. The molecule has 0 saturated carbocycles. The summed E-state index contributed by atoms with van der Waals surface area (Å²) in [6.07, 6.45) is 1.41. The summed E-state index contributed by atoms with van der Waals surface area (Å²) in [5, 5.41) is 2.43. The Morgan fingerprint density at radius 2 is 2.75 bits per heavy atom. The second-order valence-electron chi connectivity index (χ2n) is 1.60. The van der Waals surface area contributed by atoms with Crippen molar-refractivity contribution in [2.45, 2.75) is 0 Å². The van der Waals surface area contributed by atoms with Gasteiger partial charge in [0.1, 0.15) is 6.67 Å². The van der Waals surface area contributed by atoms with Gasteiger partial charge in [0.15, 0.2) is 0 Å². The molecule has 0 aromatic carbocycles. The molecular weight excluding hydrogens is 106 g/mol. The molecule has 0 atom stereocenters. The van der Waals surface area contributed by atoms with E-state index in [1.165, 1.54) is 11.2 Å². The Bertz CT molecular complexity index is 131. The van der Waals surface area contributed by atoms with E-state index in [2.05, 4.69) is 10.3 Å². The third-order valence-electron chi connectivity index (χ3n) is 0.920. The average molecular weight is 113 g/mol. The van der Waals surface area contributed by atoms with E-state index < -0.39 is 0 Å². The monoisotopic (exact) mass is 113 g/mol. The summed E-state index contributed by atoms with van der Waals surface area (Å²) in [5.41, 5.74) is 0. The Kier molecular flexibility index (Phi) is 1.15. The molecule has 0 aromatic heterocycles. The van der Waals surface area contributed by atoms with Gasteiger partial charge < -0.3 is 4.90 Å². The zero-order valence-corrected chi connectivity index (χ0v) is 4.59. The first-order valence-corrected chi connectivity index (χ1v) is 2.30. The fourth-order valence-electron chi connectivity index (χ4n) is 0.439. The van der Waals surface area contributed by atoms with Crippen LogP contribution < -0.4 is 5.32 Å². The lowest BCUT2D eigenvalue weighted by Crippen LogP contribution is -2.40. The van der Waals surface area contributed by atoms with Crippen LogP contribution >= 0.6 is 0 Å². The van der Waals surface area contributed by atoms with Gasteiger partial charge in [0, 0.05) is 7.05 Å². The van der Waals surface area contributed by atoms with Crippen molar-refractivity contribution < 1.29 is 4.79 Å². The Morgan fingerprint density at radius 3 is 3.12 bits per heavy atom. The van der Waals surface area contributed by atoms with Crippen LogP contribution in [0.5, 0.6) is 0 Å². The summed E-state index contributed by atoms with van der Waals surface area (Å²) in [4.78, 5) is 15.8. The standard InChI is InChI=1S/C4H7N3O/c1-7-3-5-2-6-4(7)8/h2H,3H2,1H3,(H,5,6,8). The van der Waals surface area contributed by atoms with E-state index in [1.54, 1.807) is 7.05 Å². The fraction of sp³-hybridized carbons (Fsp3) is 0.500. The van der Waals surface area contributed by atoms with E-state index in [0.29, 0.717) is 6.67 Å². The van der Waals surface area contributed by atoms with Crippen molar-refractivity contribution in [1.29, 1.82) is 0 Å². The summed E-state index contributed by atoms with van der Waals surface area (Å²) in [6, 6.07) is -0.0972. The zero-order chi connectivity index (χ0) is 5.98. The molecule has 0 radical (unpaired) electrons. The number of amides is 2. The molecule has 0 saturated heterocycles. The van der Waals surface area contributed by atoms with Crippen LogP contribution in [0.4, 0.5) is 4.79 Å². The lowest BCUT2D eigenvalue weighted by molar-refractivity contribution is 0.213. The molecule has 1 aliphatic heterocycles. The number of nitrogens with zero attached hydrogens (tertiary/aromatic N) is 2. The summed E-state index contributed by atoms with van der Waals surface area (Å²) in [6.45, 7) is 0.464. The molecule has 1 rings (SSSR count). The van der Waals surface area contributed by atoms with Crippen LogP contribution in [0.15, 0.2) is 4.99 Å². The number of aliphatic imine (C=N–C) groups is 1. The van der Waals surface area contributed by atoms with Crippen LogP contribution in [-0.4, -0.2) is 31.0 Å². The third kappa shape index (κ3) is 0.776. The molecule has 1 N–H and O–H groups in total. The number of carbonyl (C=O) groups excluding carboxylic acids is 1. The van der Waals surface area contributed by atoms with E-state index in [-0.39, 0.29) is 6.03 Å². The fourth-order valence-corrected chi connectivity index (χ4v) is 0.439. The number of hydrogen-bond acceptors (Lipinski definition) is 2. The molecule has 0 aromatic rings. The van der Waals surface area contributed by atoms with E-state index in [1.807, 2.05) is 0 Å². The number of rotatable bonds is 0. The van der Waals surface area contributed by atoms with Crippen LogP contribution in [0.1, 0.15) is 0 Å². The van der Waals surface area contributed by atoms with Gasteiger partial charge in [-0.3, -0.25) is 10.3 Å². The molecule has 8 heavy (non-hydrogen) atoms. The van der Waals surface area contributed by atoms with Crippen LogP contribution in [0.2, 0.25) is 0 Å². The molecule has 1 heterocycles. The predicted octanol–water partition coefficient (Wildman–Crippen LogP) is -0.373. The molecule has 4 nitrogen and oxygen atoms in total. The average Bonchev–Trinajstić information content (AvgIpc) is 1.77. The largest absolute Gasteiger partial charge is 0.323 e. The number of hydrogen-bond donors (Lipinski definition) is 1. The molecule has 2 amide bonds. The molecular formula is C4H7N3O. The van der Waals surface area contributed by atoms with Crippen LogP contribution in [0.25, 0.3) is 0 Å². The molecule has 0 bridgehead atoms. The minimum Gasteiger partial charge on any atom is -0.308 e. The van der Waals surface area contributed by atoms with Crippen LogP contribution in [0.3, 0.4) is 0 Å². The van der Waals surface area contributed by atoms with Gasteiger partial charge in [-0.2, -0.15) is 0 Å². The number of urea groups is 1. The highest BCUT2D eigenvalue weighted by Gasteiger charge is 2.07. The first-order chi connectivity index (χ1) is 3.80. The van der Waals surface area contributed by atoms with E-state index in [4.69, 9.17) is 0 Å².